The van der Waals surface area contributed by atoms with Crippen molar-refractivity contribution in [2.75, 3.05) is 18.1 Å². The van der Waals surface area contributed by atoms with Gasteiger partial charge in [-0.25, -0.2) is 9.69 Å². The second kappa shape index (κ2) is 12.3. The summed E-state index contributed by atoms with van der Waals surface area (Å²) in [5.74, 6) is -1.61. The molecule has 7 heteroatoms. The van der Waals surface area contributed by atoms with Gasteiger partial charge >= 0.3 is 5.97 Å². The van der Waals surface area contributed by atoms with Gasteiger partial charge in [-0.05, 0) is 53.9 Å². The first kappa shape index (κ1) is 26.7. The fourth-order valence-corrected chi connectivity index (χ4v) is 4.62. The number of Topliss-reactive ketones (excluding diaryl/α,β-unsaturated/α-hetero) is 1. The Morgan fingerprint density at radius 1 is 0.750 bits per heavy atom. The third-order valence-corrected chi connectivity index (χ3v) is 6.80. The highest BCUT2D eigenvalue weighted by atomic mass is 16.5. The molecule has 1 atom stereocenters. The Balaban J connectivity index is 1.13. The zero-order valence-corrected chi connectivity index (χ0v) is 21.8. The number of ether oxygens (including phenoxy) is 1. The number of carbonyl (C=O) groups excluding carboxylic acids is 4. The maximum atomic E-state index is 12.9. The van der Waals surface area contributed by atoms with Crippen LogP contribution in [0.1, 0.15) is 32.7 Å². The molecule has 0 bridgehead atoms. The molecule has 0 radical (unpaired) electrons. The van der Waals surface area contributed by atoms with Gasteiger partial charge in [0.25, 0.3) is 5.91 Å². The number of hydrogen-bond acceptors (Lipinski definition) is 6. The number of anilines is 1. The van der Waals surface area contributed by atoms with Gasteiger partial charge in [-0.15, -0.1) is 0 Å². The molecule has 1 aliphatic heterocycles. The van der Waals surface area contributed by atoms with Gasteiger partial charge in [0.2, 0.25) is 5.91 Å². The highest BCUT2D eigenvalue weighted by Gasteiger charge is 2.39. The van der Waals surface area contributed by atoms with Gasteiger partial charge < -0.3 is 10.1 Å². The topological polar surface area (TPSA) is 92.8 Å². The van der Waals surface area contributed by atoms with Gasteiger partial charge in [0, 0.05) is 5.56 Å². The first-order valence-electron chi connectivity index (χ1n) is 13.1. The third kappa shape index (κ3) is 6.22. The number of rotatable bonds is 10. The first-order valence-corrected chi connectivity index (χ1v) is 13.1. The van der Waals surface area contributed by atoms with Crippen LogP contribution in [0.15, 0.2) is 109 Å². The summed E-state index contributed by atoms with van der Waals surface area (Å²) in [6.45, 7) is 0.174. The summed E-state index contributed by atoms with van der Waals surface area (Å²) in [6, 6.07) is 32.3. The molecule has 200 valence electrons. The number of amides is 2. The van der Waals surface area contributed by atoms with E-state index in [4.69, 9.17) is 4.74 Å². The summed E-state index contributed by atoms with van der Waals surface area (Å²) in [4.78, 5) is 51.7. The average molecular weight is 533 g/mol. The Labute approximate surface area is 232 Å². The molecule has 0 spiro atoms. The van der Waals surface area contributed by atoms with E-state index in [2.05, 4.69) is 5.32 Å². The molecule has 5 rings (SSSR count). The lowest BCUT2D eigenvalue weighted by molar-refractivity contribution is -0.121. The van der Waals surface area contributed by atoms with Crippen molar-refractivity contribution in [2.24, 2.45) is 0 Å². The minimum absolute atomic E-state index is 0.0753. The number of esters is 1. The van der Waals surface area contributed by atoms with Gasteiger partial charge in [-0.3, -0.25) is 14.4 Å². The second-order valence-electron chi connectivity index (χ2n) is 9.50. The molecule has 40 heavy (non-hydrogen) atoms. The van der Waals surface area contributed by atoms with Crippen molar-refractivity contribution in [1.82, 2.24) is 5.32 Å². The zero-order valence-electron chi connectivity index (χ0n) is 21.8. The summed E-state index contributed by atoms with van der Waals surface area (Å²) in [5, 5.41) is 3.17. The summed E-state index contributed by atoms with van der Waals surface area (Å²) >= 11 is 0. The standard InChI is InChI=1S/C33H28N2O5/c36-30(26-13-11-25(12-14-26)24-9-5-2-6-10-24)22-40-33(39)27-15-17-28(18-16-27)35-31(37)21-29(32(35)38)34-20-19-23-7-3-1-4-8-23/h1-18,29,34H,19-22H2. The van der Waals surface area contributed by atoms with Crippen LogP contribution < -0.4 is 10.2 Å². The molecule has 1 N–H and O–H groups in total. The minimum atomic E-state index is -0.666. The Bertz CT molecular complexity index is 1500. The molecule has 1 heterocycles. The lowest BCUT2D eigenvalue weighted by Gasteiger charge is -2.16. The summed E-state index contributed by atoms with van der Waals surface area (Å²) in [7, 11) is 0. The van der Waals surface area contributed by atoms with Crippen molar-refractivity contribution >= 4 is 29.3 Å². The van der Waals surface area contributed by atoms with Crippen LogP contribution in [0, 0.1) is 0 Å². The van der Waals surface area contributed by atoms with E-state index in [0.717, 1.165) is 28.0 Å². The number of benzene rings is 4. The highest BCUT2D eigenvalue weighted by molar-refractivity contribution is 6.22. The number of nitrogens with one attached hydrogen (secondary N) is 1. The number of hydrogen-bond donors (Lipinski definition) is 1. The van der Waals surface area contributed by atoms with Crippen molar-refractivity contribution in [3.05, 3.63) is 126 Å². The molecular weight excluding hydrogens is 504 g/mol. The smallest absolute Gasteiger partial charge is 0.338 e. The van der Waals surface area contributed by atoms with E-state index in [-0.39, 0.29) is 29.6 Å². The quantitative estimate of drug-likeness (QED) is 0.178. The highest BCUT2D eigenvalue weighted by Crippen LogP contribution is 2.24. The summed E-state index contributed by atoms with van der Waals surface area (Å²) in [6.07, 6.45) is 0.822. The van der Waals surface area contributed by atoms with Crippen LogP contribution >= 0.6 is 0 Å². The number of nitrogens with zero attached hydrogens (tertiary/aromatic N) is 1. The predicted molar refractivity (Wildman–Crippen MR) is 152 cm³/mol. The fourth-order valence-electron chi connectivity index (χ4n) is 4.62. The Morgan fingerprint density at radius 3 is 2.02 bits per heavy atom. The van der Waals surface area contributed by atoms with Gasteiger partial charge in [-0.2, -0.15) is 0 Å². The van der Waals surface area contributed by atoms with Crippen molar-refractivity contribution in [1.29, 1.82) is 0 Å². The van der Waals surface area contributed by atoms with Crippen LogP contribution in [0.5, 0.6) is 0 Å². The van der Waals surface area contributed by atoms with Gasteiger partial charge in [0.1, 0.15) is 0 Å². The lowest BCUT2D eigenvalue weighted by Crippen LogP contribution is -2.39. The van der Waals surface area contributed by atoms with Crippen molar-refractivity contribution in [2.45, 2.75) is 18.9 Å². The molecule has 4 aromatic carbocycles. The molecule has 1 fully saturated rings. The zero-order chi connectivity index (χ0) is 27.9. The van der Waals surface area contributed by atoms with Crippen LogP contribution in [0.3, 0.4) is 0 Å². The van der Waals surface area contributed by atoms with Gasteiger partial charge in [-0.1, -0.05) is 84.9 Å². The van der Waals surface area contributed by atoms with Crippen LogP contribution in [-0.4, -0.2) is 42.8 Å². The maximum Gasteiger partial charge on any atom is 0.338 e. The average Bonchev–Trinajstić information content (AvgIpc) is 3.29. The van der Waals surface area contributed by atoms with E-state index in [1.165, 1.54) is 24.3 Å². The normalized spacial score (nSPS) is 14.8. The van der Waals surface area contributed by atoms with Crippen LogP contribution in [0.2, 0.25) is 0 Å². The van der Waals surface area contributed by atoms with Gasteiger partial charge in [0.05, 0.1) is 23.7 Å². The van der Waals surface area contributed by atoms with Crippen LogP contribution in [-0.2, 0) is 20.7 Å². The molecular formula is C33H28N2O5. The molecule has 7 nitrogen and oxygen atoms in total. The lowest BCUT2D eigenvalue weighted by atomic mass is 10.0. The molecule has 4 aromatic rings. The van der Waals surface area contributed by atoms with Gasteiger partial charge in [0.15, 0.2) is 12.4 Å². The van der Waals surface area contributed by atoms with E-state index in [9.17, 15) is 19.2 Å². The third-order valence-electron chi connectivity index (χ3n) is 6.80. The number of ketones is 1. The molecule has 1 saturated heterocycles. The Hall–Kier alpha value is -4.88. The minimum Gasteiger partial charge on any atom is -0.454 e. The fraction of sp³-hybridized carbons (Fsp3) is 0.152. The number of imide groups is 1. The monoisotopic (exact) mass is 532 g/mol. The van der Waals surface area contributed by atoms with Crippen molar-refractivity contribution in [3.63, 3.8) is 0 Å². The number of carbonyl (C=O) groups is 4. The largest absolute Gasteiger partial charge is 0.454 e. The van der Waals surface area contributed by atoms with Crippen LogP contribution in [0.25, 0.3) is 11.1 Å². The maximum absolute atomic E-state index is 12.9. The molecule has 1 unspecified atom stereocenters. The summed E-state index contributed by atoms with van der Waals surface area (Å²) in [5.41, 5.74) is 4.22. The Kier molecular flexibility index (Phi) is 8.23. The predicted octanol–water partition coefficient (Wildman–Crippen LogP) is 4.86. The first-order chi connectivity index (χ1) is 19.5. The van der Waals surface area contributed by atoms with E-state index < -0.39 is 18.6 Å². The molecule has 0 saturated carbocycles. The van der Waals surface area contributed by atoms with Crippen LogP contribution in [0.4, 0.5) is 5.69 Å². The van der Waals surface area contributed by atoms with Crippen molar-refractivity contribution in [3.8, 4) is 11.1 Å². The van der Waals surface area contributed by atoms with E-state index >= 15 is 0 Å². The van der Waals surface area contributed by atoms with E-state index in [1.54, 1.807) is 12.1 Å². The van der Waals surface area contributed by atoms with E-state index in [0.29, 0.717) is 17.8 Å². The molecule has 0 aromatic heterocycles. The Morgan fingerprint density at radius 2 is 1.35 bits per heavy atom. The SMILES string of the molecule is O=C(COC(=O)c1ccc(N2C(=O)CC(NCCc3ccccc3)C2=O)cc1)c1ccc(-c2ccccc2)cc1. The summed E-state index contributed by atoms with van der Waals surface area (Å²) < 4.78 is 5.22. The van der Waals surface area contributed by atoms with E-state index in [1.807, 2.05) is 72.8 Å². The molecule has 0 aliphatic carbocycles. The van der Waals surface area contributed by atoms with Crippen molar-refractivity contribution < 1.29 is 23.9 Å². The second-order valence-corrected chi connectivity index (χ2v) is 9.50. The molecule has 2 amide bonds. The molecule has 1 aliphatic rings.